The third-order valence-electron chi connectivity index (χ3n) is 2.33. The van der Waals surface area contributed by atoms with Crippen molar-refractivity contribution in [2.24, 2.45) is 0 Å². The summed E-state index contributed by atoms with van der Waals surface area (Å²) in [5.41, 5.74) is 1.03. The lowest BCUT2D eigenvalue weighted by Gasteiger charge is -2.16. The lowest BCUT2D eigenvalue weighted by molar-refractivity contribution is 0.0779. The van der Waals surface area contributed by atoms with Crippen molar-refractivity contribution >= 4 is 17.6 Å². The highest BCUT2D eigenvalue weighted by Gasteiger charge is 2.15. The summed E-state index contributed by atoms with van der Waals surface area (Å²) < 4.78 is 7.66. The number of aromatic hydroxyl groups is 1. The van der Waals surface area contributed by atoms with E-state index in [0.29, 0.717) is 17.8 Å². The van der Waals surface area contributed by atoms with Crippen LogP contribution in [0.3, 0.4) is 0 Å². The van der Waals surface area contributed by atoms with Gasteiger partial charge in [-0.3, -0.25) is 4.79 Å². The number of para-hydroxylation sites is 1. The quantitative estimate of drug-likeness (QED) is 0.895. The molecule has 2 rings (SSSR count). The molecule has 1 amide bonds. The Bertz CT molecular complexity index is 513. The Balaban J connectivity index is 2.10. The summed E-state index contributed by atoms with van der Waals surface area (Å²) in [5.74, 6) is -0.0226. The zero-order chi connectivity index (χ0) is 12.3. The van der Waals surface area contributed by atoms with Crippen molar-refractivity contribution in [1.82, 2.24) is 13.6 Å². The monoisotopic (exact) mass is 249 g/mol. The second-order valence-corrected chi connectivity index (χ2v) is 4.14. The van der Waals surface area contributed by atoms with Gasteiger partial charge in [0.05, 0.1) is 17.9 Å². The summed E-state index contributed by atoms with van der Waals surface area (Å²) in [4.78, 5) is 13.4. The van der Waals surface area contributed by atoms with Crippen molar-refractivity contribution in [2.45, 2.75) is 6.54 Å². The van der Waals surface area contributed by atoms with Crippen molar-refractivity contribution < 1.29 is 9.90 Å². The molecule has 1 aromatic carbocycles. The summed E-state index contributed by atoms with van der Waals surface area (Å²) in [6.45, 7) is 0.336. The van der Waals surface area contributed by atoms with E-state index in [0.717, 1.165) is 11.7 Å². The largest absolute Gasteiger partial charge is 0.508 e. The van der Waals surface area contributed by atoms with Gasteiger partial charge in [0.25, 0.3) is 5.91 Å². The van der Waals surface area contributed by atoms with Crippen LogP contribution in [0.2, 0.25) is 0 Å². The maximum Gasteiger partial charge on any atom is 0.275 e. The molecule has 0 atom stereocenters. The number of aromatic nitrogens is 2. The Morgan fingerprint density at radius 3 is 2.88 bits per heavy atom. The molecule has 1 N–H and O–H groups in total. The molecular weight excluding hydrogens is 238 g/mol. The minimum atomic E-state index is -0.206. The SMILES string of the molecule is CN(Cc1ccccc1O)C(=O)c1cnsn1. The molecule has 0 radical (unpaired) electrons. The second-order valence-electron chi connectivity index (χ2n) is 3.58. The Morgan fingerprint density at radius 2 is 2.24 bits per heavy atom. The van der Waals surface area contributed by atoms with Crippen molar-refractivity contribution in [2.75, 3.05) is 7.05 Å². The van der Waals surface area contributed by atoms with Gasteiger partial charge in [0.1, 0.15) is 5.75 Å². The first-order valence-corrected chi connectivity index (χ1v) is 5.71. The zero-order valence-corrected chi connectivity index (χ0v) is 10.0. The van der Waals surface area contributed by atoms with Gasteiger partial charge in [-0.15, -0.1) is 0 Å². The van der Waals surface area contributed by atoms with Crippen LogP contribution in [-0.4, -0.2) is 31.7 Å². The third-order valence-corrected chi connectivity index (χ3v) is 2.80. The molecule has 0 spiro atoms. The molecule has 2 aromatic rings. The Hall–Kier alpha value is -1.95. The molecule has 0 bridgehead atoms. The number of carbonyl (C=O) groups is 1. The Labute approximate surface area is 103 Å². The topological polar surface area (TPSA) is 66.3 Å². The maximum atomic E-state index is 11.9. The van der Waals surface area contributed by atoms with Gasteiger partial charge in [-0.2, -0.15) is 8.75 Å². The van der Waals surface area contributed by atoms with Crippen molar-refractivity contribution in [1.29, 1.82) is 0 Å². The average molecular weight is 249 g/mol. The minimum absolute atomic E-state index is 0.184. The van der Waals surface area contributed by atoms with Crippen LogP contribution >= 0.6 is 11.7 Å². The van der Waals surface area contributed by atoms with Crippen molar-refractivity contribution in [3.8, 4) is 5.75 Å². The summed E-state index contributed by atoms with van der Waals surface area (Å²) >= 11 is 0.998. The van der Waals surface area contributed by atoms with E-state index in [-0.39, 0.29) is 11.7 Å². The third kappa shape index (κ3) is 2.59. The number of hydrogen-bond donors (Lipinski definition) is 1. The van der Waals surface area contributed by atoms with E-state index in [9.17, 15) is 9.90 Å². The van der Waals surface area contributed by atoms with Gasteiger partial charge in [0.2, 0.25) is 0 Å². The molecular formula is C11H11N3O2S. The molecule has 0 fully saturated rings. The second kappa shape index (κ2) is 4.92. The van der Waals surface area contributed by atoms with Crippen LogP contribution in [0.15, 0.2) is 30.5 Å². The van der Waals surface area contributed by atoms with Crippen molar-refractivity contribution in [3.63, 3.8) is 0 Å². The zero-order valence-electron chi connectivity index (χ0n) is 9.20. The molecule has 0 aliphatic rings. The molecule has 5 nitrogen and oxygen atoms in total. The van der Waals surface area contributed by atoms with Crippen LogP contribution in [0, 0.1) is 0 Å². The normalized spacial score (nSPS) is 10.2. The molecule has 0 unspecified atom stereocenters. The van der Waals surface area contributed by atoms with Crippen LogP contribution in [0.5, 0.6) is 5.75 Å². The van der Waals surface area contributed by atoms with Gasteiger partial charge in [-0.1, -0.05) is 18.2 Å². The summed E-state index contributed by atoms with van der Waals surface area (Å²) in [7, 11) is 1.66. The van der Waals surface area contributed by atoms with Gasteiger partial charge >= 0.3 is 0 Å². The van der Waals surface area contributed by atoms with Crippen LogP contribution in [0.1, 0.15) is 16.1 Å². The predicted molar refractivity (Wildman–Crippen MR) is 63.8 cm³/mol. The van der Waals surface area contributed by atoms with Crippen LogP contribution < -0.4 is 0 Å². The number of rotatable bonds is 3. The van der Waals surface area contributed by atoms with E-state index in [2.05, 4.69) is 8.75 Å². The molecule has 6 heteroatoms. The predicted octanol–water partition coefficient (Wildman–Crippen LogP) is 1.52. The van der Waals surface area contributed by atoms with Gasteiger partial charge in [-0.05, 0) is 6.07 Å². The average Bonchev–Trinajstić information content (AvgIpc) is 2.84. The number of phenolic OH excluding ortho intramolecular Hbond substituents is 1. The van der Waals surface area contributed by atoms with Gasteiger partial charge in [0, 0.05) is 19.2 Å². The number of nitrogens with zero attached hydrogens (tertiary/aromatic N) is 3. The molecule has 0 saturated carbocycles. The molecule has 0 aliphatic carbocycles. The molecule has 0 aliphatic heterocycles. The molecule has 1 aromatic heterocycles. The van der Waals surface area contributed by atoms with E-state index >= 15 is 0 Å². The summed E-state index contributed by atoms with van der Waals surface area (Å²) in [6, 6.07) is 6.93. The highest BCUT2D eigenvalue weighted by Crippen LogP contribution is 2.17. The van der Waals surface area contributed by atoms with Crippen molar-refractivity contribution in [3.05, 3.63) is 41.7 Å². The fourth-order valence-electron chi connectivity index (χ4n) is 1.43. The van der Waals surface area contributed by atoms with Crippen LogP contribution in [-0.2, 0) is 6.54 Å². The van der Waals surface area contributed by atoms with Gasteiger partial charge in [0.15, 0.2) is 5.69 Å². The number of benzene rings is 1. The maximum absolute atomic E-state index is 11.9. The minimum Gasteiger partial charge on any atom is -0.508 e. The van der Waals surface area contributed by atoms with Gasteiger partial charge in [-0.25, -0.2) is 0 Å². The fraction of sp³-hybridized carbons (Fsp3) is 0.182. The number of hydrogen-bond acceptors (Lipinski definition) is 5. The van der Waals surface area contributed by atoms with E-state index in [4.69, 9.17) is 0 Å². The lowest BCUT2D eigenvalue weighted by Crippen LogP contribution is -2.26. The highest BCUT2D eigenvalue weighted by molar-refractivity contribution is 6.99. The smallest absolute Gasteiger partial charge is 0.275 e. The molecule has 88 valence electrons. The summed E-state index contributed by atoms with van der Waals surface area (Å²) in [5, 5.41) is 9.61. The molecule has 17 heavy (non-hydrogen) atoms. The first-order chi connectivity index (χ1) is 8.18. The lowest BCUT2D eigenvalue weighted by atomic mass is 10.2. The van der Waals surface area contributed by atoms with E-state index in [1.54, 1.807) is 25.2 Å². The fourth-order valence-corrected chi connectivity index (χ4v) is 1.83. The first kappa shape index (κ1) is 11.5. The number of amides is 1. The van der Waals surface area contributed by atoms with Gasteiger partial charge < -0.3 is 10.0 Å². The highest BCUT2D eigenvalue weighted by atomic mass is 32.1. The molecule has 1 heterocycles. The number of carbonyl (C=O) groups excluding carboxylic acids is 1. The van der Waals surface area contributed by atoms with E-state index in [1.165, 1.54) is 11.1 Å². The number of phenols is 1. The molecule has 0 saturated heterocycles. The Morgan fingerprint density at radius 1 is 1.47 bits per heavy atom. The Kier molecular flexibility index (Phi) is 3.34. The van der Waals surface area contributed by atoms with E-state index < -0.39 is 0 Å². The first-order valence-electron chi connectivity index (χ1n) is 4.98. The van der Waals surface area contributed by atoms with Crippen LogP contribution in [0.4, 0.5) is 0 Å². The van der Waals surface area contributed by atoms with E-state index in [1.807, 2.05) is 6.07 Å². The summed E-state index contributed by atoms with van der Waals surface area (Å²) in [6.07, 6.45) is 1.44. The van der Waals surface area contributed by atoms with Crippen LogP contribution in [0.25, 0.3) is 0 Å². The standard InChI is InChI=1S/C11H11N3O2S/c1-14(11(16)9-6-12-17-13-9)7-8-4-2-3-5-10(8)15/h2-6,15H,7H2,1H3.